The van der Waals surface area contributed by atoms with E-state index < -0.39 is 0 Å². The summed E-state index contributed by atoms with van der Waals surface area (Å²) in [5.74, 6) is 3.47. The molecule has 0 atom stereocenters. The number of hydrogen-bond donors (Lipinski definition) is 1. The summed E-state index contributed by atoms with van der Waals surface area (Å²) in [7, 11) is 3.18. The molecule has 0 radical (unpaired) electrons. The summed E-state index contributed by atoms with van der Waals surface area (Å²) in [6.45, 7) is 2.10. The third-order valence-corrected chi connectivity index (χ3v) is 6.51. The number of rotatable bonds is 6. The topological polar surface area (TPSA) is 59.9 Å². The number of methoxy groups -OCH3 is 2. The number of carbonyl (C=O) groups excluding carboxylic acids is 1. The number of nitrogens with zero attached hydrogens (tertiary/aromatic N) is 1. The lowest BCUT2D eigenvalue weighted by molar-refractivity contribution is -0.121. The van der Waals surface area contributed by atoms with E-state index in [1.807, 2.05) is 35.7 Å². The first-order valence-electron chi connectivity index (χ1n) is 6.88. The third kappa shape index (κ3) is 4.58. The molecule has 1 aromatic rings. The molecular weight excluding hydrogens is 320 g/mol. The zero-order chi connectivity index (χ0) is 16.0. The van der Waals surface area contributed by atoms with Gasteiger partial charge in [0, 0.05) is 23.1 Å². The molecule has 0 saturated carbocycles. The Morgan fingerprint density at radius 3 is 2.73 bits per heavy atom. The molecule has 1 aliphatic rings. The quantitative estimate of drug-likeness (QED) is 0.637. The maximum atomic E-state index is 11.9. The Bertz CT molecular complexity index is 558. The SMILES string of the molecule is COc1ccc(/C=N\NC(=O)CC2(C)SCCS2)c(OC)c1. The van der Waals surface area contributed by atoms with Crippen molar-refractivity contribution < 1.29 is 14.3 Å². The number of hydrogen-bond acceptors (Lipinski definition) is 6. The van der Waals surface area contributed by atoms with Crippen molar-refractivity contribution in [2.75, 3.05) is 25.7 Å². The van der Waals surface area contributed by atoms with Gasteiger partial charge in [-0.2, -0.15) is 5.10 Å². The number of nitrogens with one attached hydrogen (secondary N) is 1. The summed E-state index contributed by atoms with van der Waals surface area (Å²) in [5.41, 5.74) is 3.36. The molecule has 2 rings (SSSR count). The van der Waals surface area contributed by atoms with Crippen LogP contribution in [0.4, 0.5) is 0 Å². The van der Waals surface area contributed by atoms with Crippen LogP contribution in [0.15, 0.2) is 23.3 Å². The first-order valence-corrected chi connectivity index (χ1v) is 8.85. The highest BCUT2D eigenvalue weighted by Crippen LogP contribution is 2.45. The molecule has 7 heteroatoms. The largest absolute Gasteiger partial charge is 0.497 e. The van der Waals surface area contributed by atoms with E-state index in [0.717, 1.165) is 17.1 Å². The molecule has 1 amide bonds. The van der Waals surface area contributed by atoms with E-state index in [9.17, 15) is 4.79 Å². The zero-order valence-corrected chi connectivity index (χ0v) is 14.6. The van der Waals surface area contributed by atoms with Crippen LogP contribution in [0.25, 0.3) is 0 Å². The number of ether oxygens (including phenoxy) is 2. The normalized spacial score (nSPS) is 16.7. The summed E-state index contributed by atoms with van der Waals surface area (Å²) in [6.07, 6.45) is 2.03. The number of amides is 1. The molecule has 1 fully saturated rings. The Kier molecular flexibility index (Phi) is 6.02. The maximum absolute atomic E-state index is 11.9. The van der Waals surface area contributed by atoms with Crippen molar-refractivity contribution in [3.8, 4) is 11.5 Å². The highest BCUT2D eigenvalue weighted by atomic mass is 32.2. The van der Waals surface area contributed by atoms with Crippen LogP contribution in [0.2, 0.25) is 0 Å². The average molecular weight is 340 g/mol. The van der Waals surface area contributed by atoms with Gasteiger partial charge in [0.05, 0.1) is 30.9 Å². The lowest BCUT2D eigenvalue weighted by Gasteiger charge is -2.19. The molecule has 0 aliphatic carbocycles. The monoisotopic (exact) mass is 340 g/mol. The predicted octanol–water partition coefficient (Wildman–Crippen LogP) is 2.74. The molecule has 5 nitrogen and oxygen atoms in total. The fourth-order valence-corrected chi connectivity index (χ4v) is 4.92. The standard InChI is InChI=1S/C15H20N2O3S2/c1-15(21-6-7-22-15)9-14(18)17-16-10-11-4-5-12(19-2)8-13(11)20-3/h4-5,8,10H,6-7,9H2,1-3H3,(H,17,18)/b16-10-. The third-order valence-electron chi connectivity index (χ3n) is 3.21. The van der Waals surface area contributed by atoms with E-state index in [1.54, 1.807) is 26.5 Å². The minimum atomic E-state index is -0.0758. The molecule has 120 valence electrons. The number of hydrazone groups is 1. The zero-order valence-electron chi connectivity index (χ0n) is 12.9. The van der Waals surface area contributed by atoms with E-state index in [0.29, 0.717) is 17.9 Å². The van der Waals surface area contributed by atoms with Crippen LogP contribution in [-0.2, 0) is 4.79 Å². The second kappa shape index (κ2) is 7.78. The molecule has 1 heterocycles. The van der Waals surface area contributed by atoms with Gasteiger partial charge >= 0.3 is 0 Å². The fraction of sp³-hybridized carbons (Fsp3) is 0.467. The van der Waals surface area contributed by atoms with E-state index in [2.05, 4.69) is 17.5 Å². The van der Waals surface area contributed by atoms with Crippen molar-refractivity contribution in [3.63, 3.8) is 0 Å². The van der Waals surface area contributed by atoms with E-state index in [-0.39, 0.29) is 9.99 Å². The summed E-state index contributed by atoms with van der Waals surface area (Å²) >= 11 is 3.66. The van der Waals surface area contributed by atoms with Crippen LogP contribution in [-0.4, -0.2) is 41.9 Å². The van der Waals surface area contributed by atoms with Gasteiger partial charge in [-0.05, 0) is 19.1 Å². The first kappa shape index (κ1) is 17.0. The number of carbonyl (C=O) groups is 1. The first-order chi connectivity index (χ1) is 10.6. The Morgan fingerprint density at radius 1 is 1.36 bits per heavy atom. The minimum Gasteiger partial charge on any atom is -0.497 e. The van der Waals surface area contributed by atoms with Crippen LogP contribution in [0.5, 0.6) is 11.5 Å². The Labute approximate surface area is 139 Å². The average Bonchev–Trinajstić information content (AvgIpc) is 2.93. The van der Waals surface area contributed by atoms with Crippen LogP contribution < -0.4 is 14.9 Å². The van der Waals surface area contributed by atoms with Gasteiger partial charge in [0.2, 0.25) is 5.91 Å². The lowest BCUT2D eigenvalue weighted by Crippen LogP contribution is -2.26. The van der Waals surface area contributed by atoms with E-state index in [1.165, 1.54) is 0 Å². The molecule has 0 aromatic heterocycles. The lowest BCUT2D eigenvalue weighted by atomic mass is 10.2. The summed E-state index contributed by atoms with van der Waals surface area (Å²) in [6, 6.07) is 5.42. The van der Waals surface area contributed by atoms with Crippen LogP contribution in [0.3, 0.4) is 0 Å². The van der Waals surface area contributed by atoms with Gasteiger partial charge in [0.15, 0.2) is 0 Å². The van der Waals surface area contributed by atoms with Crippen molar-refractivity contribution in [3.05, 3.63) is 23.8 Å². The number of benzene rings is 1. The highest BCUT2D eigenvalue weighted by molar-refractivity contribution is 8.21. The Balaban J connectivity index is 1.93. The molecule has 1 aromatic carbocycles. The summed E-state index contributed by atoms with van der Waals surface area (Å²) in [5, 5.41) is 4.01. The maximum Gasteiger partial charge on any atom is 0.242 e. The summed E-state index contributed by atoms with van der Waals surface area (Å²) < 4.78 is 10.4. The van der Waals surface area contributed by atoms with E-state index >= 15 is 0 Å². The van der Waals surface area contributed by atoms with Crippen LogP contribution in [0.1, 0.15) is 18.9 Å². The van der Waals surface area contributed by atoms with Crippen LogP contribution in [0, 0.1) is 0 Å². The minimum absolute atomic E-state index is 0.0304. The van der Waals surface area contributed by atoms with Gasteiger partial charge in [-0.3, -0.25) is 4.79 Å². The molecule has 22 heavy (non-hydrogen) atoms. The fourth-order valence-electron chi connectivity index (χ4n) is 2.09. The van der Waals surface area contributed by atoms with Crippen molar-refractivity contribution >= 4 is 35.6 Å². The Hall–Kier alpha value is -1.34. The molecule has 1 N–H and O–H groups in total. The predicted molar refractivity (Wildman–Crippen MR) is 93.2 cm³/mol. The molecule has 1 saturated heterocycles. The Morgan fingerprint density at radius 2 is 2.09 bits per heavy atom. The second-order valence-electron chi connectivity index (χ2n) is 4.91. The molecule has 0 unspecified atom stereocenters. The number of thioether (sulfide) groups is 2. The van der Waals surface area contributed by atoms with Crippen molar-refractivity contribution in [2.45, 2.75) is 17.4 Å². The van der Waals surface area contributed by atoms with Gasteiger partial charge in [-0.25, -0.2) is 5.43 Å². The molecule has 0 spiro atoms. The second-order valence-corrected chi connectivity index (χ2v) is 8.36. The molecular formula is C15H20N2O3S2. The van der Waals surface area contributed by atoms with Crippen LogP contribution >= 0.6 is 23.5 Å². The van der Waals surface area contributed by atoms with Crippen molar-refractivity contribution in [1.29, 1.82) is 0 Å². The van der Waals surface area contributed by atoms with Gasteiger partial charge in [0.25, 0.3) is 0 Å². The van der Waals surface area contributed by atoms with Crippen molar-refractivity contribution in [1.82, 2.24) is 5.43 Å². The van der Waals surface area contributed by atoms with Gasteiger partial charge in [-0.1, -0.05) is 0 Å². The highest BCUT2D eigenvalue weighted by Gasteiger charge is 2.32. The summed E-state index contributed by atoms with van der Waals surface area (Å²) in [4.78, 5) is 11.9. The van der Waals surface area contributed by atoms with E-state index in [4.69, 9.17) is 9.47 Å². The molecule has 0 bridgehead atoms. The van der Waals surface area contributed by atoms with Crippen molar-refractivity contribution in [2.24, 2.45) is 5.10 Å². The van der Waals surface area contributed by atoms with Gasteiger partial charge in [-0.15, -0.1) is 23.5 Å². The van der Waals surface area contributed by atoms with Gasteiger partial charge < -0.3 is 9.47 Å². The smallest absolute Gasteiger partial charge is 0.242 e. The molecule has 1 aliphatic heterocycles. The van der Waals surface area contributed by atoms with Gasteiger partial charge in [0.1, 0.15) is 11.5 Å².